The van der Waals surface area contributed by atoms with Crippen LogP contribution in [0.4, 0.5) is 5.82 Å². The molecule has 6 nitrogen and oxygen atoms in total. The third kappa shape index (κ3) is 3.64. The van der Waals surface area contributed by atoms with E-state index in [1.54, 1.807) is 7.11 Å². The second-order valence-corrected chi connectivity index (χ2v) is 8.16. The number of amides is 1. The first-order chi connectivity index (χ1) is 13.7. The van der Waals surface area contributed by atoms with Gasteiger partial charge in [0.05, 0.1) is 6.61 Å². The van der Waals surface area contributed by atoms with Crippen LogP contribution in [-0.2, 0) is 4.74 Å². The third-order valence-corrected chi connectivity index (χ3v) is 6.39. The highest BCUT2D eigenvalue weighted by atomic mass is 32.1. The van der Waals surface area contributed by atoms with E-state index in [1.807, 2.05) is 25.1 Å². The van der Waals surface area contributed by atoms with Crippen molar-refractivity contribution in [1.82, 2.24) is 14.7 Å². The van der Waals surface area contributed by atoms with Crippen LogP contribution in [0, 0.1) is 6.92 Å². The van der Waals surface area contributed by atoms with Crippen molar-refractivity contribution in [2.75, 3.05) is 25.6 Å². The molecule has 3 aromatic rings. The van der Waals surface area contributed by atoms with Gasteiger partial charge in [-0.05, 0) is 19.8 Å². The summed E-state index contributed by atoms with van der Waals surface area (Å²) in [5.74, 6) is 0.927. The average Bonchev–Trinajstić information content (AvgIpc) is 3.41. The summed E-state index contributed by atoms with van der Waals surface area (Å²) in [5, 5.41) is 6.65. The van der Waals surface area contributed by atoms with Gasteiger partial charge in [0.2, 0.25) is 0 Å². The molecule has 28 heavy (non-hydrogen) atoms. The van der Waals surface area contributed by atoms with Crippen LogP contribution >= 0.6 is 11.3 Å². The van der Waals surface area contributed by atoms with Crippen molar-refractivity contribution in [1.29, 1.82) is 0 Å². The Morgan fingerprint density at radius 3 is 2.75 bits per heavy atom. The van der Waals surface area contributed by atoms with Gasteiger partial charge in [-0.25, -0.2) is 4.98 Å². The molecule has 1 amide bonds. The molecule has 1 aliphatic rings. The van der Waals surface area contributed by atoms with Crippen LogP contribution in [0.1, 0.15) is 41.0 Å². The summed E-state index contributed by atoms with van der Waals surface area (Å²) in [6.45, 7) is 3.26. The van der Waals surface area contributed by atoms with Gasteiger partial charge >= 0.3 is 0 Å². The van der Waals surface area contributed by atoms with Gasteiger partial charge in [0, 0.05) is 31.0 Å². The number of rotatable bonds is 7. The van der Waals surface area contributed by atoms with Crippen LogP contribution in [0.25, 0.3) is 16.2 Å². The number of nitrogens with zero attached hydrogens (tertiary/aromatic N) is 2. The van der Waals surface area contributed by atoms with E-state index in [0.717, 1.165) is 45.4 Å². The van der Waals surface area contributed by atoms with E-state index in [2.05, 4.69) is 27.2 Å². The lowest BCUT2D eigenvalue weighted by Crippen LogP contribution is -2.32. The first-order valence-electron chi connectivity index (χ1n) is 9.80. The standard InChI is InChI=1S/C21H26N4O2S/c1-14-18(20(26)23-16-10-6-7-11-16)28-21-24-17(15-8-4-3-5-9-15)19(25(14)21)22-12-13-27-2/h3-5,8-9,16,22H,6-7,10-13H2,1-2H3,(H,23,26). The Morgan fingerprint density at radius 2 is 2.04 bits per heavy atom. The molecule has 2 heterocycles. The lowest BCUT2D eigenvalue weighted by atomic mass is 10.1. The van der Waals surface area contributed by atoms with Crippen molar-refractivity contribution in [3.8, 4) is 11.3 Å². The van der Waals surface area contributed by atoms with Crippen LogP contribution in [0.15, 0.2) is 30.3 Å². The topological polar surface area (TPSA) is 67.7 Å². The average molecular weight is 399 g/mol. The van der Waals surface area contributed by atoms with Crippen molar-refractivity contribution in [2.24, 2.45) is 0 Å². The van der Waals surface area contributed by atoms with Gasteiger partial charge in [0.1, 0.15) is 16.4 Å². The SMILES string of the molecule is COCCNc1c(-c2ccccc2)nc2sc(C(=O)NC3CCCC3)c(C)n12. The monoisotopic (exact) mass is 398 g/mol. The molecule has 2 aromatic heterocycles. The zero-order valence-corrected chi connectivity index (χ0v) is 17.1. The minimum atomic E-state index is 0.0176. The number of hydrogen-bond acceptors (Lipinski definition) is 5. The second kappa shape index (κ2) is 8.32. The molecule has 0 aliphatic heterocycles. The van der Waals surface area contributed by atoms with E-state index >= 15 is 0 Å². The van der Waals surface area contributed by atoms with Crippen LogP contribution in [0.3, 0.4) is 0 Å². The van der Waals surface area contributed by atoms with Gasteiger partial charge in [-0.15, -0.1) is 0 Å². The number of fused-ring (bicyclic) bond motifs is 1. The van der Waals surface area contributed by atoms with E-state index in [1.165, 1.54) is 24.2 Å². The molecule has 0 saturated heterocycles. The first-order valence-corrected chi connectivity index (χ1v) is 10.6. The summed E-state index contributed by atoms with van der Waals surface area (Å²) >= 11 is 1.45. The second-order valence-electron chi connectivity index (χ2n) is 7.18. The number of hydrogen-bond donors (Lipinski definition) is 2. The van der Waals surface area contributed by atoms with Crippen molar-refractivity contribution >= 4 is 28.0 Å². The molecule has 0 unspecified atom stereocenters. The summed E-state index contributed by atoms with van der Waals surface area (Å²) < 4.78 is 7.25. The number of ether oxygens (including phenoxy) is 1. The van der Waals surface area contributed by atoms with E-state index in [0.29, 0.717) is 19.2 Å². The Balaban J connectivity index is 1.71. The number of carbonyl (C=O) groups is 1. The fourth-order valence-electron chi connectivity index (χ4n) is 3.81. The highest BCUT2D eigenvalue weighted by Gasteiger charge is 2.25. The predicted molar refractivity (Wildman–Crippen MR) is 113 cm³/mol. The summed E-state index contributed by atoms with van der Waals surface area (Å²) in [6.07, 6.45) is 4.56. The molecule has 1 aromatic carbocycles. The van der Waals surface area contributed by atoms with E-state index in [4.69, 9.17) is 9.72 Å². The number of aromatic nitrogens is 2. The lowest BCUT2D eigenvalue weighted by molar-refractivity contribution is 0.0941. The molecule has 0 bridgehead atoms. The minimum absolute atomic E-state index is 0.0176. The first kappa shape index (κ1) is 19.0. The van der Waals surface area contributed by atoms with Crippen molar-refractivity contribution in [3.63, 3.8) is 0 Å². The number of methoxy groups -OCH3 is 1. The van der Waals surface area contributed by atoms with Gasteiger partial charge in [0.15, 0.2) is 4.96 Å². The number of anilines is 1. The fraction of sp³-hybridized carbons (Fsp3) is 0.429. The molecule has 0 radical (unpaired) electrons. The maximum Gasteiger partial charge on any atom is 0.263 e. The van der Waals surface area contributed by atoms with Gasteiger partial charge in [-0.3, -0.25) is 9.20 Å². The van der Waals surface area contributed by atoms with Gasteiger partial charge in [-0.2, -0.15) is 0 Å². The van der Waals surface area contributed by atoms with Crippen LogP contribution in [0.2, 0.25) is 0 Å². The molecule has 1 fully saturated rings. The lowest BCUT2D eigenvalue weighted by Gasteiger charge is -2.12. The number of benzene rings is 1. The fourth-order valence-corrected chi connectivity index (χ4v) is 4.84. The smallest absolute Gasteiger partial charge is 0.263 e. The molecule has 1 aliphatic carbocycles. The summed E-state index contributed by atoms with van der Waals surface area (Å²) in [5.41, 5.74) is 2.87. The number of aryl methyl sites for hydroxylation is 1. The number of carbonyl (C=O) groups excluding carboxylic acids is 1. The Labute approximate surface area is 168 Å². The molecule has 0 atom stereocenters. The Hall–Kier alpha value is -2.38. The Kier molecular flexibility index (Phi) is 5.64. The van der Waals surface area contributed by atoms with E-state index < -0.39 is 0 Å². The molecule has 148 valence electrons. The third-order valence-electron chi connectivity index (χ3n) is 5.25. The van der Waals surface area contributed by atoms with E-state index in [-0.39, 0.29) is 5.91 Å². The number of imidazole rings is 1. The molecular weight excluding hydrogens is 372 g/mol. The highest BCUT2D eigenvalue weighted by Crippen LogP contribution is 2.34. The zero-order valence-electron chi connectivity index (χ0n) is 16.3. The van der Waals surface area contributed by atoms with Crippen LogP contribution < -0.4 is 10.6 Å². The van der Waals surface area contributed by atoms with Crippen LogP contribution in [0.5, 0.6) is 0 Å². The van der Waals surface area contributed by atoms with E-state index in [9.17, 15) is 4.79 Å². The van der Waals surface area contributed by atoms with Gasteiger partial charge < -0.3 is 15.4 Å². The van der Waals surface area contributed by atoms with Crippen molar-refractivity contribution < 1.29 is 9.53 Å². The van der Waals surface area contributed by atoms with Crippen molar-refractivity contribution in [3.05, 3.63) is 40.9 Å². The molecule has 1 saturated carbocycles. The van der Waals surface area contributed by atoms with Gasteiger partial charge in [0.25, 0.3) is 5.91 Å². The largest absolute Gasteiger partial charge is 0.383 e. The summed E-state index contributed by atoms with van der Waals surface area (Å²) in [7, 11) is 1.69. The Bertz CT molecular complexity index is 958. The molecule has 4 rings (SSSR count). The van der Waals surface area contributed by atoms with Crippen LogP contribution in [-0.4, -0.2) is 41.6 Å². The Morgan fingerprint density at radius 1 is 1.29 bits per heavy atom. The highest BCUT2D eigenvalue weighted by molar-refractivity contribution is 7.19. The summed E-state index contributed by atoms with van der Waals surface area (Å²) in [6, 6.07) is 10.4. The minimum Gasteiger partial charge on any atom is -0.383 e. The van der Waals surface area contributed by atoms with Gasteiger partial charge in [-0.1, -0.05) is 54.5 Å². The predicted octanol–water partition coefficient (Wildman–Crippen LogP) is 4.10. The zero-order chi connectivity index (χ0) is 19.5. The molecule has 7 heteroatoms. The van der Waals surface area contributed by atoms with Crippen molar-refractivity contribution in [2.45, 2.75) is 38.6 Å². The molecule has 0 spiro atoms. The maximum atomic E-state index is 12.8. The number of thiazole rings is 1. The summed E-state index contributed by atoms with van der Waals surface area (Å²) in [4.78, 5) is 19.3. The normalized spacial score (nSPS) is 14.6. The molecular formula is C21H26N4O2S. The quantitative estimate of drug-likeness (QED) is 0.588. The number of nitrogens with one attached hydrogen (secondary N) is 2. The molecule has 2 N–H and O–H groups in total. The maximum absolute atomic E-state index is 12.8.